The second-order valence-corrected chi connectivity index (χ2v) is 2.45. The van der Waals surface area contributed by atoms with Crippen molar-refractivity contribution < 1.29 is 9.59 Å². The van der Waals surface area contributed by atoms with Crippen molar-refractivity contribution in [3.63, 3.8) is 0 Å². The number of nitrogens with two attached hydrogens (primary N) is 1. The predicted octanol–water partition coefficient (Wildman–Crippen LogP) is 0.597. The summed E-state index contributed by atoms with van der Waals surface area (Å²) in [6, 6.07) is 0. The van der Waals surface area contributed by atoms with E-state index in [1.54, 1.807) is 0 Å². The number of primary amides is 1. The van der Waals surface area contributed by atoms with E-state index in [-0.39, 0.29) is 12.3 Å². The number of hydrogen-bond donors (Lipinski definition) is 1. The molecule has 1 aromatic heterocycles. The molecule has 0 aliphatic rings. The molecule has 1 amide bonds. The largest absolute Gasteiger partial charge is 0.368 e. The van der Waals surface area contributed by atoms with Crippen molar-refractivity contribution >= 4 is 11.7 Å². The maximum absolute atomic E-state index is 10.8. The number of carbonyl (C=O) groups is 2. The Labute approximate surface area is 82.9 Å². The Hall–Kier alpha value is -1.65. The Morgan fingerprint density at radius 2 is 2.07 bits per heavy atom. The summed E-state index contributed by atoms with van der Waals surface area (Å²) < 4.78 is 1.33. The minimum atomic E-state index is -0.479. The number of rotatable bonds is 3. The molecular weight excluding hydrogens is 182 g/mol. The zero-order valence-electron chi connectivity index (χ0n) is 8.65. The molecule has 1 rings (SSSR count). The zero-order chi connectivity index (χ0) is 11.1. The van der Waals surface area contributed by atoms with Crippen LogP contribution < -0.4 is 5.73 Å². The Bertz CT molecular complexity index is 318. The van der Waals surface area contributed by atoms with Crippen LogP contribution in [0.25, 0.3) is 0 Å². The number of amides is 1. The van der Waals surface area contributed by atoms with E-state index in [9.17, 15) is 9.59 Å². The standard InChI is InChI=1S/C7H9N3O2.C2H6/c1-5(11)6-2-9-10(3-6)4-7(8)12;1-2/h2-3H,4H2,1H3,(H2,8,12);1-2H3. The van der Waals surface area contributed by atoms with E-state index in [1.165, 1.54) is 24.0 Å². The Balaban J connectivity index is 0.000000791. The van der Waals surface area contributed by atoms with Gasteiger partial charge < -0.3 is 5.73 Å². The Morgan fingerprint density at radius 1 is 1.50 bits per heavy atom. The van der Waals surface area contributed by atoms with Gasteiger partial charge in [0.05, 0.1) is 11.8 Å². The lowest BCUT2D eigenvalue weighted by atomic mass is 10.3. The van der Waals surface area contributed by atoms with Gasteiger partial charge in [0.25, 0.3) is 0 Å². The number of ketones is 1. The summed E-state index contributed by atoms with van der Waals surface area (Å²) in [5.41, 5.74) is 5.41. The van der Waals surface area contributed by atoms with Crippen LogP contribution in [-0.2, 0) is 11.3 Å². The second-order valence-electron chi connectivity index (χ2n) is 2.45. The molecule has 5 nitrogen and oxygen atoms in total. The molecule has 78 valence electrons. The van der Waals surface area contributed by atoms with Crippen LogP contribution in [0.15, 0.2) is 12.4 Å². The van der Waals surface area contributed by atoms with Crippen molar-refractivity contribution in [2.75, 3.05) is 0 Å². The van der Waals surface area contributed by atoms with E-state index >= 15 is 0 Å². The third-order valence-corrected chi connectivity index (χ3v) is 1.36. The molecule has 0 aliphatic heterocycles. The molecular formula is C9H15N3O2. The molecule has 0 atom stereocenters. The maximum Gasteiger partial charge on any atom is 0.239 e. The Morgan fingerprint density at radius 3 is 2.43 bits per heavy atom. The number of carbonyl (C=O) groups excluding carboxylic acids is 2. The third kappa shape index (κ3) is 3.84. The molecule has 0 aromatic carbocycles. The first-order valence-corrected chi connectivity index (χ1v) is 4.41. The van der Waals surface area contributed by atoms with Crippen LogP contribution in [0.1, 0.15) is 31.1 Å². The first-order chi connectivity index (χ1) is 6.59. The van der Waals surface area contributed by atoms with Crippen LogP contribution >= 0.6 is 0 Å². The number of aromatic nitrogens is 2. The number of Topliss-reactive ketones (excluding diaryl/α,β-unsaturated/α-hetero) is 1. The fourth-order valence-electron chi connectivity index (χ4n) is 0.792. The molecule has 0 radical (unpaired) electrons. The first kappa shape index (κ1) is 12.3. The van der Waals surface area contributed by atoms with E-state index in [0.29, 0.717) is 5.56 Å². The topological polar surface area (TPSA) is 78.0 Å². The van der Waals surface area contributed by atoms with E-state index in [4.69, 9.17) is 5.73 Å². The van der Waals surface area contributed by atoms with Crippen molar-refractivity contribution in [3.05, 3.63) is 18.0 Å². The van der Waals surface area contributed by atoms with Gasteiger partial charge in [-0.25, -0.2) is 0 Å². The monoisotopic (exact) mass is 197 g/mol. The average Bonchev–Trinajstić information content (AvgIpc) is 2.55. The summed E-state index contributed by atoms with van der Waals surface area (Å²) in [4.78, 5) is 21.2. The molecule has 1 aromatic rings. The maximum atomic E-state index is 10.8. The highest BCUT2D eigenvalue weighted by Crippen LogP contribution is 1.97. The van der Waals surface area contributed by atoms with Gasteiger partial charge >= 0.3 is 0 Å². The molecule has 0 bridgehead atoms. The van der Waals surface area contributed by atoms with Crippen molar-refractivity contribution in [1.82, 2.24) is 9.78 Å². The third-order valence-electron chi connectivity index (χ3n) is 1.36. The molecule has 0 saturated carbocycles. The van der Waals surface area contributed by atoms with Crippen molar-refractivity contribution in [2.45, 2.75) is 27.3 Å². The molecule has 0 fully saturated rings. The summed E-state index contributed by atoms with van der Waals surface area (Å²) in [6.45, 7) is 5.44. The summed E-state index contributed by atoms with van der Waals surface area (Å²) in [7, 11) is 0. The smallest absolute Gasteiger partial charge is 0.239 e. The first-order valence-electron chi connectivity index (χ1n) is 4.41. The van der Waals surface area contributed by atoms with Crippen LogP contribution in [0.3, 0.4) is 0 Å². The minimum absolute atomic E-state index is 0.00722. The lowest BCUT2D eigenvalue weighted by Crippen LogP contribution is -2.18. The lowest BCUT2D eigenvalue weighted by molar-refractivity contribution is -0.118. The van der Waals surface area contributed by atoms with Gasteiger partial charge in [-0.05, 0) is 6.92 Å². The zero-order valence-corrected chi connectivity index (χ0v) is 8.65. The van der Waals surface area contributed by atoms with Crippen LogP contribution in [0.4, 0.5) is 0 Å². The lowest BCUT2D eigenvalue weighted by Gasteiger charge is -1.93. The molecule has 0 aliphatic carbocycles. The molecule has 0 unspecified atom stereocenters. The normalized spacial score (nSPS) is 8.79. The van der Waals surface area contributed by atoms with Gasteiger partial charge in [0.15, 0.2) is 5.78 Å². The van der Waals surface area contributed by atoms with Crippen molar-refractivity contribution in [1.29, 1.82) is 0 Å². The highest BCUT2D eigenvalue weighted by molar-refractivity contribution is 5.93. The van der Waals surface area contributed by atoms with Crippen LogP contribution in [0.5, 0.6) is 0 Å². The summed E-state index contributed by atoms with van der Waals surface area (Å²) in [6.07, 6.45) is 2.90. The van der Waals surface area contributed by atoms with Gasteiger partial charge in [0.1, 0.15) is 6.54 Å². The van der Waals surface area contributed by atoms with E-state index in [1.807, 2.05) is 13.8 Å². The molecule has 2 N–H and O–H groups in total. The predicted molar refractivity (Wildman–Crippen MR) is 52.8 cm³/mol. The molecule has 14 heavy (non-hydrogen) atoms. The van der Waals surface area contributed by atoms with Crippen LogP contribution in [0.2, 0.25) is 0 Å². The molecule has 0 spiro atoms. The summed E-state index contributed by atoms with van der Waals surface area (Å²) >= 11 is 0. The summed E-state index contributed by atoms with van der Waals surface area (Å²) in [5.74, 6) is -0.557. The number of hydrogen-bond acceptors (Lipinski definition) is 3. The van der Waals surface area contributed by atoms with E-state index < -0.39 is 5.91 Å². The van der Waals surface area contributed by atoms with E-state index in [2.05, 4.69) is 5.10 Å². The highest BCUT2D eigenvalue weighted by Gasteiger charge is 2.03. The fourth-order valence-corrected chi connectivity index (χ4v) is 0.792. The van der Waals surface area contributed by atoms with Gasteiger partial charge in [-0.1, -0.05) is 13.8 Å². The van der Waals surface area contributed by atoms with E-state index in [0.717, 1.165) is 0 Å². The SMILES string of the molecule is CC.CC(=O)c1cnn(CC(N)=O)c1. The van der Waals surface area contributed by atoms with Crippen molar-refractivity contribution in [2.24, 2.45) is 5.73 Å². The van der Waals surface area contributed by atoms with Crippen LogP contribution in [-0.4, -0.2) is 21.5 Å². The number of nitrogens with zero attached hydrogens (tertiary/aromatic N) is 2. The van der Waals surface area contributed by atoms with Gasteiger partial charge in [-0.3, -0.25) is 14.3 Å². The Kier molecular flexibility index (Phi) is 5.21. The van der Waals surface area contributed by atoms with Gasteiger partial charge in [-0.2, -0.15) is 5.10 Å². The fraction of sp³-hybridized carbons (Fsp3) is 0.444. The second kappa shape index (κ2) is 5.90. The average molecular weight is 197 g/mol. The van der Waals surface area contributed by atoms with Gasteiger partial charge in [-0.15, -0.1) is 0 Å². The molecule has 1 heterocycles. The molecule has 5 heteroatoms. The van der Waals surface area contributed by atoms with Crippen LogP contribution in [0, 0.1) is 0 Å². The molecule has 0 saturated heterocycles. The van der Waals surface area contributed by atoms with Gasteiger partial charge in [0.2, 0.25) is 5.91 Å². The van der Waals surface area contributed by atoms with Crippen molar-refractivity contribution in [3.8, 4) is 0 Å². The highest BCUT2D eigenvalue weighted by atomic mass is 16.1. The van der Waals surface area contributed by atoms with Gasteiger partial charge in [0, 0.05) is 6.20 Å². The summed E-state index contributed by atoms with van der Waals surface area (Å²) in [5, 5.41) is 3.77. The minimum Gasteiger partial charge on any atom is -0.368 e. The quantitative estimate of drug-likeness (QED) is 0.720.